The molecule has 7 aromatic carbocycles. The number of furan rings is 1. The Bertz CT molecular complexity index is 2520. The molecule has 2 aliphatic carbocycles. The van der Waals surface area contributed by atoms with Crippen molar-refractivity contribution >= 4 is 49.6 Å². The number of benzene rings is 7. The minimum absolute atomic E-state index is 0.508. The van der Waals surface area contributed by atoms with Crippen molar-refractivity contribution in [2.45, 2.75) is 18.8 Å². The highest BCUT2D eigenvalue weighted by Gasteiger charge is 2.26. The van der Waals surface area contributed by atoms with Crippen molar-refractivity contribution in [2.24, 2.45) is 5.92 Å². The van der Waals surface area contributed by atoms with Crippen LogP contribution in [0.4, 0.5) is 0 Å². The predicted molar refractivity (Wildman–Crippen MR) is 199 cm³/mol. The van der Waals surface area contributed by atoms with Crippen LogP contribution in [0.1, 0.15) is 29.9 Å². The van der Waals surface area contributed by atoms with Crippen LogP contribution >= 0.6 is 0 Å². The average Bonchev–Trinajstić information content (AvgIpc) is 3.51. The van der Waals surface area contributed by atoms with E-state index in [4.69, 9.17) is 4.42 Å². The first-order valence-corrected chi connectivity index (χ1v) is 16.7. The highest BCUT2D eigenvalue weighted by atomic mass is 16.3. The maximum absolute atomic E-state index is 6.52. The van der Waals surface area contributed by atoms with E-state index in [9.17, 15) is 0 Å². The molecule has 0 saturated heterocycles. The largest absolute Gasteiger partial charge is 0.456 e. The van der Waals surface area contributed by atoms with Gasteiger partial charge in [-0.25, -0.2) is 0 Å². The zero-order valence-electron chi connectivity index (χ0n) is 26.0. The zero-order chi connectivity index (χ0) is 30.9. The first kappa shape index (κ1) is 26.5. The van der Waals surface area contributed by atoms with E-state index in [2.05, 4.69) is 158 Å². The van der Waals surface area contributed by atoms with E-state index < -0.39 is 0 Å². The van der Waals surface area contributed by atoms with Gasteiger partial charge in [-0.1, -0.05) is 127 Å². The van der Waals surface area contributed by atoms with Crippen molar-refractivity contribution in [2.75, 3.05) is 0 Å². The van der Waals surface area contributed by atoms with E-state index in [1.807, 2.05) is 0 Å². The molecule has 1 heteroatoms. The summed E-state index contributed by atoms with van der Waals surface area (Å²) in [5.74, 6) is 1.14. The molecule has 0 aliphatic heterocycles. The SMILES string of the molecule is C1=CC2c3ccc(-c4ccc5c(c4)oc4ccc(-c6c7ccccc7c(-c7ccccc7)c7ccccc67)cc45)cc3C=CC2CC1. The van der Waals surface area contributed by atoms with E-state index in [1.54, 1.807) is 0 Å². The Balaban J connectivity index is 1.11. The van der Waals surface area contributed by atoms with Gasteiger partial charge < -0.3 is 4.42 Å². The van der Waals surface area contributed by atoms with Gasteiger partial charge in [0.1, 0.15) is 11.2 Å². The van der Waals surface area contributed by atoms with Crippen LogP contribution in [-0.4, -0.2) is 0 Å². The third-order valence-electron chi connectivity index (χ3n) is 10.5. The molecule has 10 rings (SSSR count). The molecular formula is C46H32O. The fourth-order valence-corrected chi connectivity index (χ4v) is 8.30. The molecule has 2 unspecified atom stereocenters. The highest BCUT2D eigenvalue weighted by molar-refractivity contribution is 6.22. The zero-order valence-corrected chi connectivity index (χ0v) is 26.0. The molecule has 0 radical (unpaired) electrons. The molecular weight excluding hydrogens is 569 g/mol. The standard InChI is InChI=1S/C46H32O/c1-2-11-30(12-3-1)45-38-14-6-8-16-40(38)46(41-17-9-7-15-39(41)45)34-22-25-43-42(27-34)37-24-21-32(28-44(37)47-43)31-20-23-36-33(26-31)19-18-29-10-4-5-13-35(29)36/h1-3,5-9,11-29,35H,4,10H2. The van der Waals surface area contributed by atoms with E-state index in [0.29, 0.717) is 11.8 Å². The highest BCUT2D eigenvalue weighted by Crippen LogP contribution is 2.45. The van der Waals surface area contributed by atoms with Crippen LogP contribution < -0.4 is 0 Å². The minimum Gasteiger partial charge on any atom is -0.456 e. The molecule has 47 heavy (non-hydrogen) atoms. The summed E-state index contributed by atoms with van der Waals surface area (Å²) in [5.41, 5.74) is 12.0. The summed E-state index contributed by atoms with van der Waals surface area (Å²) in [4.78, 5) is 0. The van der Waals surface area contributed by atoms with Crippen molar-refractivity contribution < 1.29 is 4.42 Å². The summed E-state index contributed by atoms with van der Waals surface area (Å²) in [7, 11) is 0. The Kier molecular flexibility index (Phi) is 5.90. The Morgan fingerprint density at radius 2 is 1.13 bits per heavy atom. The van der Waals surface area contributed by atoms with Gasteiger partial charge in [-0.2, -0.15) is 0 Å². The molecule has 0 fully saturated rings. The maximum atomic E-state index is 6.52. The summed E-state index contributed by atoms with van der Waals surface area (Å²) in [6, 6.07) is 48.9. The molecule has 0 spiro atoms. The second-order valence-corrected chi connectivity index (χ2v) is 13.1. The topological polar surface area (TPSA) is 13.1 Å². The van der Waals surface area contributed by atoms with Gasteiger partial charge in [-0.05, 0) is 115 Å². The molecule has 1 aromatic heterocycles. The van der Waals surface area contributed by atoms with Gasteiger partial charge in [0, 0.05) is 16.7 Å². The van der Waals surface area contributed by atoms with E-state index in [1.165, 1.54) is 78.9 Å². The first-order valence-electron chi connectivity index (χ1n) is 16.7. The lowest BCUT2D eigenvalue weighted by Gasteiger charge is -2.30. The van der Waals surface area contributed by atoms with Gasteiger partial charge in [0.15, 0.2) is 0 Å². The Morgan fingerprint density at radius 3 is 1.89 bits per heavy atom. The summed E-state index contributed by atoms with van der Waals surface area (Å²) in [6.07, 6.45) is 11.9. The van der Waals surface area contributed by atoms with Crippen LogP contribution in [0, 0.1) is 5.92 Å². The van der Waals surface area contributed by atoms with Crippen molar-refractivity contribution in [1.82, 2.24) is 0 Å². The van der Waals surface area contributed by atoms with Gasteiger partial charge in [-0.15, -0.1) is 0 Å². The molecule has 2 aliphatic rings. The maximum Gasteiger partial charge on any atom is 0.136 e. The molecule has 1 heterocycles. The molecule has 0 bridgehead atoms. The monoisotopic (exact) mass is 600 g/mol. The number of allylic oxidation sites excluding steroid dienone is 3. The Morgan fingerprint density at radius 1 is 0.468 bits per heavy atom. The summed E-state index contributed by atoms with van der Waals surface area (Å²) >= 11 is 0. The van der Waals surface area contributed by atoms with Crippen molar-refractivity contribution in [3.63, 3.8) is 0 Å². The average molecular weight is 601 g/mol. The second kappa shape index (κ2) is 10.4. The molecule has 2 atom stereocenters. The van der Waals surface area contributed by atoms with Crippen LogP contribution in [-0.2, 0) is 0 Å². The summed E-state index contributed by atoms with van der Waals surface area (Å²) in [6.45, 7) is 0. The number of rotatable bonds is 3. The Hall–Kier alpha value is -5.66. The smallest absolute Gasteiger partial charge is 0.136 e. The summed E-state index contributed by atoms with van der Waals surface area (Å²) < 4.78 is 6.52. The quantitative estimate of drug-likeness (QED) is 0.145. The number of hydrogen-bond donors (Lipinski definition) is 0. The fourth-order valence-electron chi connectivity index (χ4n) is 8.30. The van der Waals surface area contributed by atoms with Crippen LogP contribution in [0.5, 0.6) is 0 Å². The lowest BCUT2D eigenvalue weighted by molar-refractivity contribution is 0.516. The Labute approximate surface area is 274 Å². The van der Waals surface area contributed by atoms with E-state index >= 15 is 0 Å². The summed E-state index contributed by atoms with van der Waals surface area (Å²) in [5, 5.41) is 7.35. The van der Waals surface area contributed by atoms with E-state index in [-0.39, 0.29) is 0 Å². The van der Waals surface area contributed by atoms with Crippen LogP contribution in [0.15, 0.2) is 156 Å². The van der Waals surface area contributed by atoms with Gasteiger partial charge in [0.2, 0.25) is 0 Å². The molecule has 8 aromatic rings. The van der Waals surface area contributed by atoms with Crippen LogP contribution in [0.25, 0.3) is 82.9 Å². The molecule has 1 nitrogen and oxygen atoms in total. The normalized spacial score (nSPS) is 17.0. The van der Waals surface area contributed by atoms with Crippen molar-refractivity contribution in [3.8, 4) is 33.4 Å². The molecule has 0 amide bonds. The second-order valence-electron chi connectivity index (χ2n) is 13.1. The van der Waals surface area contributed by atoms with Crippen LogP contribution in [0.2, 0.25) is 0 Å². The third-order valence-corrected chi connectivity index (χ3v) is 10.5. The van der Waals surface area contributed by atoms with Gasteiger partial charge in [0.05, 0.1) is 0 Å². The molecule has 222 valence electrons. The lowest BCUT2D eigenvalue weighted by atomic mass is 9.74. The number of hydrogen-bond acceptors (Lipinski definition) is 1. The van der Waals surface area contributed by atoms with E-state index in [0.717, 1.165) is 21.9 Å². The minimum atomic E-state index is 0.508. The van der Waals surface area contributed by atoms with Crippen molar-refractivity contribution in [1.29, 1.82) is 0 Å². The number of fused-ring (bicyclic) bond motifs is 8. The molecule has 0 N–H and O–H groups in total. The fraction of sp³-hybridized carbons (Fsp3) is 0.0870. The third kappa shape index (κ3) is 4.16. The molecule has 0 saturated carbocycles. The first-order chi connectivity index (χ1) is 23.3. The van der Waals surface area contributed by atoms with Crippen molar-refractivity contribution in [3.05, 3.63) is 163 Å². The lowest BCUT2D eigenvalue weighted by Crippen LogP contribution is -2.16. The van der Waals surface area contributed by atoms with Gasteiger partial charge >= 0.3 is 0 Å². The van der Waals surface area contributed by atoms with Gasteiger partial charge in [-0.3, -0.25) is 0 Å². The van der Waals surface area contributed by atoms with Gasteiger partial charge in [0.25, 0.3) is 0 Å². The van der Waals surface area contributed by atoms with Crippen LogP contribution in [0.3, 0.4) is 0 Å². The predicted octanol–water partition coefficient (Wildman–Crippen LogP) is 13.0.